The molecule has 12 heteroatoms. The van der Waals surface area contributed by atoms with Crippen LogP contribution in [-0.4, -0.2) is 79.0 Å². The predicted octanol–water partition coefficient (Wildman–Crippen LogP) is 9.52. The van der Waals surface area contributed by atoms with Gasteiger partial charge < -0.3 is 29.1 Å². The van der Waals surface area contributed by atoms with Crippen LogP contribution in [0.15, 0.2) is 109 Å². The van der Waals surface area contributed by atoms with Gasteiger partial charge in [0.2, 0.25) is 0 Å². The van der Waals surface area contributed by atoms with Crippen molar-refractivity contribution < 1.29 is 42.9 Å². The van der Waals surface area contributed by atoms with Gasteiger partial charge in [0.25, 0.3) is 0 Å². The molecule has 0 saturated heterocycles. The van der Waals surface area contributed by atoms with Crippen molar-refractivity contribution in [3.63, 3.8) is 0 Å². The number of rotatable bonds is 19. The number of nitrogens with zero attached hydrogens (tertiary/aromatic N) is 1. The van der Waals surface area contributed by atoms with E-state index in [0.29, 0.717) is 13.0 Å². The number of benzene rings is 4. The van der Waals surface area contributed by atoms with Gasteiger partial charge in [-0.2, -0.15) is 0 Å². The third-order valence-corrected chi connectivity index (χ3v) is 9.68. The van der Waals surface area contributed by atoms with Gasteiger partial charge in [0, 0.05) is 13.0 Å². The molecule has 0 spiro atoms. The molecule has 0 aliphatic heterocycles. The summed E-state index contributed by atoms with van der Waals surface area (Å²) in [7, 11) is 3.74. The average molecular weight is 932 g/mol. The summed E-state index contributed by atoms with van der Waals surface area (Å²) in [5.41, 5.74) is 5.00. The molecule has 0 bridgehead atoms. The van der Waals surface area contributed by atoms with E-state index in [1.807, 2.05) is 185 Å². The second-order valence-electron chi connectivity index (χ2n) is 18.6. The van der Waals surface area contributed by atoms with Crippen LogP contribution in [0.25, 0.3) is 0 Å². The monoisotopic (exact) mass is 931 g/mol. The van der Waals surface area contributed by atoms with Crippen molar-refractivity contribution in [2.75, 3.05) is 20.6 Å². The predicted molar refractivity (Wildman–Crippen MR) is 264 cm³/mol. The van der Waals surface area contributed by atoms with Crippen LogP contribution in [0.3, 0.4) is 0 Å². The Bertz CT molecular complexity index is 2010. The van der Waals surface area contributed by atoms with Gasteiger partial charge in [-0.3, -0.25) is 24.1 Å². The molecule has 0 aromatic heterocycles. The standard InChI is InChI=1S/C27H37NO4.C14H18O3.C13H19NO2.ClH/c1-20(2)25(26(30)31-19-23-10-8-7-9-11-23)28(6)17-16-21-12-14-22(15-13-21)18-24(29)32-27(3,4)5;1-14(2,3)17-13(16)10-12-6-4-11(5-7-12)8-9-15;1-10(2)12(14-3)13(15)16-9-11-7-5-4-6-8-11;/h7-15,20,25H,16-19H2,1-6H3;4-7,9H,8,10H2,1-3H3;4-8,10,12,14H,9H2,1-3H3;1H/t25-;;12-;/m0.0./s1. The van der Waals surface area contributed by atoms with Crippen molar-refractivity contribution in [2.24, 2.45) is 11.8 Å². The van der Waals surface area contributed by atoms with Crippen molar-refractivity contribution in [2.45, 2.75) is 131 Å². The fraction of sp³-hybridized carbons (Fsp3) is 0.463. The van der Waals surface area contributed by atoms with Gasteiger partial charge in [-0.1, -0.05) is 137 Å². The molecule has 0 amide bonds. The zero-order valence-corrected chi connectivity index (χ0v) is 42.1. The summed E-state index contributed by atoms with van der Waals surface area (Å²) in [5, 5.41) is 2.96. The summed E-state index contributed by atoms with van der Waals surface area (Å²) in [5.74, 6) is -0.479. The van der Waals surface area contributed by atoms with Crippen LogP contribution in [0.1, 0.15) is 103 Å². The number of halogens is 1. The molecule has 0 aliphatic carbocycles. The van der Waals surface area contributed by atoms with Crippen molar-refractivity contribution in [3.05, 3.63) is 143 Å². The Morgan fingerprint density at radius 3 is 1.33 bits per heavy atom. The highest BCUT2D eigenvalue weighted by Gasteiger charge is 2.28. The van der Waals surface area contributed by atoms with E-state index in [9.17, 15) is 24.0 Å². The smallest absolute Gasteiger partial charge is 0.323 e. The Morgan fingerprint density at radius 1 is 0.576 bits per heavy atom. The fourth-order valence-corrected chi connectivity index (χ4v) is 6.56. The van der Waals surface area contributed by atoms with Crippen molar-refractivity contribution in [3.8, 4) is 0 Å². The van der Waals surface area contributed by atoms with Gasteiger partial charge in [-0.05, 0) is 107 Å². The van der Waals surface area contributed by atoms with Gasteiger partial charge in [-0.25, -0.2) is 0 Å². The van der Waals surface area contributed by atoms with Gasteiger partial charge in [-0.15, -0.1) is 12.4 Å². The Hall–Kier alpha value is -5.36. The maximum absolute atomic E-state index is 12.7. The zero-order valence-electron chi connectivity index (χ0n) is 41.3. The first kappa shape index (κ1) is 58.7. The maximum atomic E-state index is 12.7. The van der Waals surface area contributed by atoms with Crippen LogP contribution in [0, 0.1) is 11.8 Å². The summed E-state index contributed by atoms with van der Waals surface area (Å²) >= 11 is 0. The number of hydrogen-bond donors (Lipinski definition) is 1. The van der Waals surface area contributed by atoms with Gasteiger partial charge in [0.15, 0.2) is 0 Å². The first-order chi connectivity index (χ1) is 30.6. The third-order valence-electron chi connectivity index (χ3n) is 9.68. The second-order valence-corrected chi connectivity index (χ2v) is 18.6. The lowest BCUT2D eigenvalue weighted by molar-refractivity contribution is -0.155. The largest absolute Gasteiger partial charge is 0.460 e. The van der Waals surface area contributed by atoms with Gasteiger partial charge in [0.05, 0.1) is 12.8 Å². The van der Waals surface area contributed by atoms with Crippen LogP contribution in [0.4, 0.5) is 0 Å². The van der Waals surface area contributed by atoms with Gasteiger partial charge in [0.1, 0.15) is 42.8 Å². The topological polar surface area (TPSA) is 138 Å². The molecule has 0 unspecified atom stereocenters. The number of nitrogens with one attached hydrogen (secondary N) is 1. The normalized spacial score (nSPS) is 12.0. The third kappa shape index (κ3) is 24.8. The van der Waals surface area contributed by atoms with E-state index in [0.717, 1.165) is 52.6 Å². The van der Waals surface area contributed by atoms with Gasteiger partial charge >= 0.3 is 23.9 Å². The first-order valence-corrected chi connectivity index (χ1v) is 22.4. The Labute approximate surface area is 400 Å². The minimum Gasteiger partial charge on any atom is -0.460 e. The number of carbonyl (C=O) groups excluding carboxylic acids is 5. The number of esters is 4. The van der Waals surface area contributed by atoms with Crippen LogP contribution < -0.4 is 5.32 Å². The lowest BCUT2D eigenvalue weighted by Gasteiger charge is -2.29. The van der Waals surface area contributed by atoms with E-state index in [2.05, 4.69) is 10.2 Å². The van der Waals surface area contributed by atoms with E-state index in [-0.39, 0.29) is 79.7 Å². The molecule has 0 saturated carbocycles. The van der Waals surface area contributed by atoms with Crippen LogP contribution >= 0.6 is 12.4 Å². The summed E-state index contributed by atoms with van der Waals surface area (Å²) in [6.07, 6.45) is 2.60. The van der Waals surface area contributed by atoms with Crippen molar-refractivity contribution in [1.29, 1.82) is 0 Å². The SMILES string of the molecule is CC(C)(C)OC(=O)Cc1ccc(CC=O)cc1.CC(C)[C@@H](C(=O)OCc1ccccc1)N(C)CCc1ccc(CC(=O)OC(C)(C)C)cc1.CN[C@H](C(=O)OCc1ccccc1)C(C)C.Cl. The molecule has 2 atom stereocenters. The van der Waals surface area contributed by atoms with E-state index < -0.39 is 11.2 Å². The Kier molecular flexibility index (Phi) is 26.7. The van der Waals surface area contributed by atoms with Crippen LogP contribution in [0.5, 0.6) is 0 Å². The van der Waals surface area contributed by atoms with E-state index in [4.69, 9.17) is 18.9 Å². The summed E-state index contributed by atoms with van der Waals surface area (Å²) < 4.78 is 21.4. The molecule has 66 heavy (non-hydrogen) atoms. The number of likely N-dealkylation sites (N-methyl/N-ethyl adjacent to an activating group) is 2. The highest BCUT2D eigenvalue weighted by molar-refractivity contribution is 5.85. The molecular formula is C54H75ClN2O9. The molecule has 0 radical (unpaired) electrons. The minimum atomic E-state index is -0.475. The number of ether oxygens (including phenoxy) is 4. The molecule has 362 valence electrons. The molecule has 4 aromatic rings. The minimum absolute atomic E-state index is 0. The quantitative estimate of drug-likeness (QED) is 0.0547. The molecule has 4 aromatic carbocycles. The van der Waals surface area contributed by atoms with E-state index >= 15 is 0 Å². The van der Waals surface area contributed by atoms with E-state index in [1.54, 1.807) is 7.05 Å². The zero-order chi connectivity index (χ0) is 48.6. The lowest BCUT2D eigenvalue weighted by atomic mass is 10.0. The molecule has 4 rings (SSSR count). The lowest BCUT2D eigenvalue weighted by Crippen LogP contribution is -2.44. The molecule has 1 N–H and O–H groups in total. The number of hydrogen-bond acceptors (Lipinski definition) is 11. The number of carbonyl (C=O) groups is 5. The Morgan fingerprint density at radius 2 is 0.970 bits per heavy atom. The highest BCUT2D eigenvalue weighted by atomic mass is 35.5. The van der Waals surface area contributed by atoms with Crippen molar-refractivity contribution in [1.82, 2.24) is 10.2 Å². The average Bonchev–Trinajstić information content (AvgIpc) is 3.22. The Balaban J connectivity index is 0.000000540. The summed E-state index contributed by atoms with van der Waals surface area (Å²) in [6.45, 7) is 20.6. The highest BCUT2D eigenvalue weighted by Crippen LogP contribution is 2.16. The maximum Gasteiger partial charge on any atom is 0.323 e. The second kappa shape index (κ2) is 30.0. The molecular weight excluding hydrogens is 856 g/mol. The molecule has 0 aliphatic rings. The summed E-state index contributed by atoms with van der Waals surface area (Å²) in [4.78, 5) is 60.4. The first-order valence-electron chi connectivity index (χ1n) is 22.4. The number of aldehydes is 1. The molecule has 11 nitrogen and oxygen atoms in total. The van der Waals surface area contributed by atoms with Crippen LogP contribution in [-0.2, 0) is 81.8 Å². The van der Waals surface area contributed by atoms with Crippen molar-refractivity contribution >= 4 is 42.6 Å². The molecule has 0 fully saturated rings. The fourth-order valence-electron chi connectivity index (χ4n) is 6.56. The van der Waals surface area contributed by atoms with Crippen LogP contribution in [0.2, 0.25) is 0 Å². The molecule has 0 heterocycles. The van der Waals surface area contributed by atoms with E-state index in [1.165, 1.54) is 0 Å². The summed E-state index contributed by atoms with van der Waals surface area (Å²) in [6, 6.07) is 34.3.